The van der Waals surface area contributed by atoms with E-state index >= 15 is 0 Å². The van der Waals surface area contributed by atoms with Crippen LogP contribution in [0.4, 0.5) is 0 Å². The fraction of sp³-hybridized carbons (Fsp3) is 0.684. The number of rotatable bonds is 8. The van der Waals surface area contributed by atoms with E-state index in [1.807, 2.05) is 0 Å². The second-order valence-electron chi connectivity index (χ2n) is 6.68. The van der Waals surface area contributed by atoms with Crippen LogP contribution >= 0.6 is 0 Å². The van der Waals surface area contributed by atoms with Crippen molar-refractivity contribution in [3.05, 3.63) is 29.1 Å². The zero-order valence-corrected chi connectivity index (χ0v) is 14.3. The molecule has 2 unspecified atom stereocenters. The van der Waals surface area contributed by atoms with E-state index in [-0.39, 0.29) is 5.92 Å². The fourth-order valence-electron chi connectivity index (χ4n) is 3.72. The Bertz CT molecular complexity index is 501. The van der Waals surface area contributed by atoms with Gasteiger partial charge >= 0.3 is 5.97 Å². The predicted molar refractivity (Wildman–Crippen MR) is 90.4 cm³/mol. The first-order valence-corrected chi connectivity index (χ1v) is 8.94. The SMILES string of the molecule is CCc1cc(CCC(O)C(C(=O)O)C2CCCC2)cc(CC)n1. The number of nitrogens with zero attached hydrogens (tertiary/aromatic N) is 1. The zero-order chi connectivity index (χ0) is 16.8. The highest BCUT2D eigenvalue weighted by Crippen LogP contribution is 2.34. The van der Waals surface area contributed by atoms with Gasteiger partial charge in [0.1, 0.15) is 0 Å². The lowest BCUT2D eigenvalue weighted by atomic mass is 9.84. The molecule has 0 amide bonds. The number of aliphatic carboxylic acids is 1. The summed E-state index contributed by atoms with van der Waals surface area (Å²) in [5.41, 5.74) is 3.29. The van der Waals surface area contributed by atoms with Crippen LogP contribution in [0.5, 0.6) is 0 Å². The molecule has 4 heteroatoms. The van der Waals surface area contributed by atoms with Gasteiger partial charge < -0.3 is 10.2 Å². The summed E-state index contributed by atoms with van der Waals surface area (Å²) >= 11 is 0. The Hall–Kier alpha value is -1.42. The summed E-state index contributed by atoms with van der Waals surface area (Å²) in [7, 11) is 0. The number of carboxylic acid groups (broad SMARTS) is 1. The number of aryl methyl sites for hydroxylation is 3. The molecule has 2 rings (SSSR count). The van der Waals surface area contributed by atoms with Crippen LogP contribution < -0.4 is 0 Å². The van der Waals surface area contributed by atoms with E-state index in [1.54, 1.807) is 0 Å². The molecule has 0 radical (unpaired) electrons. The molecule has 2 N–H and O–H groups in total. The maximum absolute atomic E-state index is 11.6. The minimum absolute atomic E-state index is 0.136. The normalized spacial score (nSPS) is 18.0. The summed E-state index contributed by atoms with van der Waals surface area (Å²) in [6.45, 7) is 4.17. The van der Waals surface area contributed by atoms with Gasteiger partial charge in [-0.3, -0.25) is 9.78 Å². The van der Waals surface area contributed by atoms with Crippen molar-refractivity contribution in [3.8, 4) is 0 Å². The molecule has 1 aromatic heterocycles. The van der Waals surface area contributed by atoms with E-state index in [0.29, 0.717) is 12.8 Å². The van der Waals surface area contributed by atoms with Crippen molar-refractivity contribution in [2.75, 3.05) is 0 Å². The number of aliphatic hydroxyl groups excluding tert-OH is 1. The average molecular weight is 319 g/mol. The summed E-state index contributed by atoms with van der Waals surface area (Å²) < 4.78 is 0. The number of hydrogen-bond acceptors (Lipinski definition) is 3. The lowest BCUT2D eigenvalue weighted by Crippen LogP contribution is -2.34. The van der Waals surface area contributed by atoms with E-state index in [1.165, 1.54) is 0 Å². The van der Waals surface area contributed by atoms with Crippen molar-refractivity contribution < 1.29 is 15.0 Å². The van der Waals surface area contributed by atoms with E-state index in [0.717, 1.165) is 55.5 Å². The summed E-state index contributed by atoms with van der Waals surface area (Å²) in [4.78, 5) is 16.1. The molecule has 1 aliphatic carbocycles. The Kier molecular flexibility index (Phi) is 6.58. The number of carbonyl (C=O) groups is 1. The number of aliphatic hydroxyl groups is 1. The molecule has 0 saturated heterocycles. The van der Waals surface area contributed by atoms with Gasteiger partial charge in [-0.15, -0.1) is 0 Å². The van der Waals surface area contributed by atoms with Crippen LogP contribution in [0.3, 0.4) is 0 Å². The Morgan fingerprint density at radius 1 is 1.22 bits per heavy atom. The molecule has 4 nitrogen and oxygen atoms in total. The van der Waals surface area contributed by atoms with Gasteiger partial charge in [-0.25, -0.2) is 0 Å². The number of aromatic nitrogens is 1. The van der Waals surface area contributed by atoms with Crippen LogP contribution in [0.2, 0.25) is 0 Å². The van der Waals surface area contributed by atoms with Gasteiger partial charge in [-0.2, -0.15) is 0 Å². The van der Waals surface area contributed by atoms with Crippen LogP contribution in [0.1, 0.15) is 62.9 Å². The highest BCUT2D eigenvalue weighted by Gasteiger charge is 2.35. The molecule has 1 aliphatic rings. The van der Waals surface area contributed by atoms with Gasteiger partial charge in [-0.05, 0) is 62.1 Å². The number of pyridine rings is 1. The van der Waals surface area contributed by atoms with Crippen LogP contribution in [-0.4, -0.2) is 27.3 Å². The molecule has 0 bridgehead atoms. The van der Waals surface area contributed by atoms with Crippen molar-refractivity contribution in [2.24, 2.45) is 11.8 Å². The van der Waals surface area contributed by atoms with Crippen LogP contribution in [0, 0.1) is 11.8 Å². The second-order valence-corrected chi connectivity index (χ2v) is 6.68. The van der Waals surface area contributed by atoms with E-state index in [4.69, 9.17) is 0 Å². The Labute approximate surface area is 139 Å². The lowest BCUT2D eigenvalue weighted by Gasteiger charge is -2.24. The van der Waals surface area contributed by atoms with Crippen molar-refractivity contribution in [1.82, 2.24) is 4.98 Å². The van der Waals surface area contributed by atoms with Crippen LogP contribution in [0.15, 0.2) is 12.1 Å². The fourth-order valence-corrected chi connectivity index (χ4v) is 3.72. The molecule has 128 valence electrons. The monoisotopic (exact) mass is 319 g/mol. The first-order valence-electron chi connectivity index (χ1n) is 8.94. The molecule has 0 aliphatic heterocycles. The molecule has 23 heavy (non-hydrogen) atoms. The minimum Gasteiger partial charge on any atom is -0.481 e. The molecular weight excluding hydrogens is 290 g/mol. The highest BCUT2D eigenvalue weighted by molar-refractivity contribution is 5.71. The van der Waals surface area contributed by atoms with E-state index < -0.39 is 18.0 Å². The van der Waals surface area contributed by atoms with Crippen molar-refractivity contribution in [2.45, 2.75) is 71.3 Å². The maximum Gasteiger partial charge on any atom is 0.309 e. The molecular formula is C19H29NO3. The summed E-state index contributed by atoms with van der Waals surface area (Å²) in [5.74, 6) is -1.32. The Balaban J connectivity index is 2.02. The van der Waals surface area contributed by atoms with Crippen molar-refractivity contribution in [1.29, 1.82) is 0 Å². The van der Waals surface area contributed by atoms with Gasteiger partial charge in [0.2, 0.25) is 0 Å². The minimum atomic E-state index is -0.845. The number of hydrogen-bond donors (Lipinski definition) is 2. The summed E-state index contributed by atoms with van der Waals surface area (Å²) in [6.07, 6.45) is 6.28. The van der Waals surface area contributed by atoms with Gasteiger partial charge in [0.15, 0.2) is 0 Å². The smallest absolute Gasteiger partial charge is 0.309 e. The summed E-state index contributed by atoms with van der Waals surface area (Å²) in [6, 6.07) is 4.16. The third-order valence-corrected chi connectivity index (χ3v) is 5.05. The molecule has 1 saturated carbocycles. The molecule has 1 heterocycles. The third kappa shape index (κ3) is 4.77. The molecule has 0 aromatic carbocycles. The van der Waals surface area contributed by atoms with E-state index in [9.17, 15) is 15.0 Å². The van der Waals surface area contributed by atoms with Crippen LogP contribution in [0.25, 0.3) is 0 Å². The first kappa shape index (κ1) is 17.9. The quantitative estimate of drug-likeness (QED) is 0.770. The molecule has 1 fully saturated rings. The Morgan fingerprint density at radius 3 is 2.26 bits per heavy atom. The highest BCUT2D eigenvalue weighted by atomic mass is 16.4. The van der Waals surface area contributed by atoms with Crippen LogP contribution in [-0.2, 0) is 24.1 Å². The van der Waals surface area contributed by atoms with Crippen molar-refractivity contribution >= 4 is 5.97 Å². The van der Waals surface area contributed by atoms with E-state index in [2.05, 4.69) is 31.0 Å². The third-order valence-electron chi connectivity index (χ3n) is 5.05. The molecule has 2 atom stereocenters. The van der Waals surface area contributed by atoms with Gasteiger partial charge in [0.05, 0.1) is 12.0 Å². The van der Waals surface area contributed by atoms with Gasteiger partial charge in [-0.1, -0.05) is 26.7 Å². The summed E-state index contributed by atoms with van der Waals surface area (Å²) in [5, 5.41) is 20.0. The average Bonchev–Trinajstić information content (AvgIpc) is 3.06. The largest absolute Gasteiger partial charge is 0.481 e. The lowest BCUT2D eigenvalue weighted by molar-refractivity contribution is -0.148. The topological polar surface area (TPSA) is 70.4 Å². The zero-order valence-electron chi connectivity index (χ0n) is 14.3. The number of carboxylic acids is 1. The second kappa shape index (κ2) is 8.44. The Morgan fingerprint density at radius 2 is 1.78 bits per heavy atom. The molecule has 0 spiro atoms. The van der Waals surface area contributed by atoms with Gasteiger partial charge in [0.25, 0.3) is 0 Å². The van der Waals surface area contributed by atoms with Gasteiger partial charge in [0, 0.05) is 11.4 Å². The standard InChI is InChI=1S/C19H29NO3/c1-3-15-11-13(12-16(4-2)20-15)9-10-17(21)18(19(22)23)14-7-5-6-8-14/h11-12,14,17-18,21H,3-10H2,1-2H3,(H,22,23). The first-order chi connectivity index (χ1) is 11.0. The maximum atomic E-state index is 11.6. The molecule has 1 aromatic rings. The van der Waals surface area contributed by atoms with Crippen molar-refractivity contribution in [3.63, 3.8) is 0 Å². The predicted octanol–water partition coefficient (Wildman–Crippen LogP) is 3.39.